The lowest BCUT2D eigenvalue weighted by Crippen LogP contribution is -1.93. The van der Waals surface area contributed by atoms with Crippen LogP contribution < -0.4 is 4.74 Å². The zero-order valence-electron chi connectivity index (χ0n) is 11.8. The van der Waals surface area contributed by atoms with Gasteiger partial charge in [-0.05, 0) is 36.4 Å². The zero-order valence-corrected chi connectivity index (χ0v) is 11.8. The molecule has 4 rings (SSSR count). The molecule has 0 atom stereocenters. The summed E-state index contributed by atoms with van der Waals surface area (Å²) >= 11 is 0. The van der Waals surface area contributed by atoms with Gasteiger partial charge in [-0.1, -0.05) is 36.4 Å². The predicted octanol–water partition coefficient (Wildman–Crippen LogP) is 4.79. The Morgan fingerprint density at radius 1 is 0.667 bits per heavy atom. The van der Waals surface area contributed by atoms with Crippen molar-refractivity contribution in [3.05, 3.63) is 72.8 Å². The maximum Gasteiger partial charge on any atom is 0.119 e. The summed E-state index contributed by atoms with van der Waals surface area (Å²) < 4.78 is 7.55. The van der Waals surface area contributed by atoms with Gasteiger partial charge in [0.15, 0.2) is 0 Å². The average molecular weight is 273 g/mol. The SMILES string of the molecule is COc1ccc(-n2c3ccccc3c3ccccc32)cc1. The molecule has 2 nitrogen and oxygen atoms in total. The minimum absolute atomic E-state index is 0.875. The monoisotopic (exact) mass is 273 g/mol. The second-order valence-corrected chi connectivity index (χ2v) is 5.07. The van der Waals surface area contributed by atoms with Crippen molar-refractivity contribution >= 4 is 21.8 Å². The van der Waals surface area contributed by atoms with Crippen molar-refractivity contribution in [1.82, 2.24) is 4.57 Å². The minimum Gasteiger partial charge on any atom is -0.497 e. The lowest BCUT2D eigenvalue weighted by atomic mass is 10.2. The van der Waals surface area contributed by atoms with Gasteiger partial charge in [0.2, 0.25) is 0 Å². The molecule has 4 aromatic rings. The van der Waals surface area contributed by atoms with Crippen LogP contribution in [0.5, 0.6) is 5.75 Å². The topological polar surface area (TPSA) is 14.2 Å². The van der Waals surface area contributed by atoms with E-state index < -0.39 is 0 Å². The van der Waals surface area contributed by atoms with E-state index in [0.29, 0.717) is 0 Å². The predicted molar refractivity (Wildman–Crippen MR) is 87.3 cm³/mol. The average Bonchev–Trinajstić information content (AvgIpc) is 2.90. The maximum absolute atomic E-state index is 5.25. The third-order valence-electron chi connectivity index (χ3n) is 3.91. The van der Waals surface area contributed by atoms with Gasteiger partial charge in [-0.3, -0.25) is 0 Å². The summed E-state index contributed by atoms with van der Waals surface area (Å²) in [5, 5.41) is 2.56. The van der Waals surface area contributed by atoms with Gasteiger partial charge in [0.05, 0.1) is 18.1 Å². The lowest BCUT2D eigenvalue weighted by Gasteiger charge is -2.08. The van der Waals surface area contributed by atoms with Crippen LogP contribution in [0.15, 0.2) is 72.8 Å². The highest BCUT2D eigenvalue weighted by Gasteiger charge is 2.10. The largest absolute Gasteiger partial charge is 0.497 e. The molecular formula is C19H15NO. The van der Waals surface area contributed by atoms with Gasteiger partial charge in [0, 0.05) is 16.5 Å². The molecule has 1 heterocycles. The first-order valence-corrected chi connectivity index (χ1v) is 7.01. The van der Waals surface area contributed by atoms with E-state index >= 15 is 0 Å². The number of hydrogen-bond donors (Lipinski definition) is 0. The van der Waals surface area contributed by atoms with Gasteiger partial charge in [0.25, 0.3) is 0 Å². The summed E-state index contributed by atoms with van der Waals surface area (Å²) in [7, 11) is 1.69. The molecule has 3 aromatic carbocycles. The summed E-state index contributed by atoms with van der Waals surface area (Å²) in [5.74, 6) is 0.875. The fourth-order valence-electron chi connectivity index (χ4n) is 2.93. The van der Waals surface area contributed by atoms with E-state index in [4.69, 9.17) is 4.74 Å². The van der Waals surface area contributed by atoms with Crippen molar-refractivity contribution in [2.24, 2.45) is 0 Å². The summed E-state index contributed by atoms with van der Waals surface area (Å²) in [5.41, 5.74) is 3.60. The smallest absolute Gasteiger partial charge is 0.119 e. The van der Waals surface area contributed by atoms with E-state index in [1.807, 2.05) is 12.1 Å². The molecule has 0 aliphatic rings. The first kappa shape index (κ1) is 12.0. The van der Waals surface area contributed by atoms with Crippen molar-refractivity contribution in [1.29, 1.82) is 0 Å². The Hall–Kier alpha value is -2.74. The highest BCUT2D eigenvalue weighted by molar-refractivity contribution is 6.09. The Bertz CT molecular complexity index is 866. The number of fused-ring (bicyclic) bond motifs is 3. The van der Waals surface area contributed by atoms with E-state index in [9.17, 15) is 0 Å². The molecule has 0 saturated carbocycles. The number of aromatic nitrogens is 1. The molecule has 0 bridgehead atoms. The van der Waals surface area contributed by atoms with Crippen LogP contribution in [0.4, 0.5) is 0 Å². The number of ether oxygens (including phenoxy) is 1. The van der Waals surface area contributed by atoms with Crippen molar-refractivity contribution in [2.45, 2.75) is 0 Å². The Morgan fingerprint density at radius 3 is 1.71 bits per heavy atom. The number of nitrogens with zero attached hydrogens (tertiary/aromatic N) is 1. The van der Waals surface area contributed by atoms with E-state index in [2.05, 4.69) is 65.2 Å². The van der Waals surface area contributed by atoms with Crippen LogP contribution in [0.3, 0.4) is 0 Å². The number of rotatable bonds is 2. The van der Waals surface area contributed by atoms with Gasteiger partial charge in [-0.15, -0.1) is 0 Å². The maximum atomic E-state index is 5.25. The third kappa shape index (κ3) is 1.80. The van der Waals surface area contributed by atoms with Crippen LogP contribution in [0.1, 0.15) is 0 Å². The van der Waals surface area contributed by atoms with Crippen LogP contribution in [0, 0.1) is 0 Å². The molecule has 102 valence electrons. The van der Waals surface area contributed by atoms with Gasteiger partial charge in [-0.25, -0.2) is 0 Å². The molecule has 2 heteroatoms. The Morgan fingerprint density at radius 2 is 1.19 bits per heavy atom. The molecule has 0 amide bonds. The first-order chi connectivity index (χ1) is 10.4. The van der Waals surface area contributed by atoms with Crippen LogP contribution >= 0.6 is 0 Å². The Labute approximate surface area is 123 Å². The number of methoxy groups -OCH3 is 1. The zero-order chi connectivity index (χ0) is 14.2. The van der Waals surface area contributed by atoms with E-state index in [0.717, 1.165) is 11.4 Å². The molecule has 0 N–H and O–H groups in total. The van der Waals surface area contributed by atoms with E-state index in [1.54, 1.807) is 7.11 Å². The second kappa shape index (κ2) is 4.67. The van der Waals surface area contributed by atoms with Gasteiger partial charge >= 0.3 is 0 Å². The Kier molecular flexibility index (Phi) is 2.68. The van der Waals surface area contributed by atoms with Gasteiger partial charge in [0.1, 0.15) is 5.75 Å². The number of para-hydroxylation sites is 2. The molecule has 1 aromatic heterocycles. The molecule has 0 fully saturated rings. The molecular weight excluding hydrogens is 258 g/mol. The van der Waals surface area contributed by atoms with Crippen molar-refractivity contribution in [3.63, 3.8) is 0 Å². The highest BCUT2D eigenvalue weighted by Crippen LogP contribution is 2.31. The summed E-state index contributed by atoms with van der Waals surface area (Å²) in [6.45, 7) is 0. The molecule has 21 heavy (non-hydrogen) atoms. The summed E-state index contributed by atoms with van der Waals surface area (Å²) in [6.07, 6.45) is 0. The minimum atomic E-state index is 0.875. The fraction of sp³-hybridized carbons (Fsp3) is 0.0526. The molecule has 0 aliphatic heterocycles. The Balaban J connectivity index is 2.09. The molecule has 0 aliphatic carbocycles. The van der Waals surface area contributed by atoms with Crippen LogP contribution in [0.2, 0.25) is 0 Å². The molecule has 0 unspecified atom stereocenters. The van der Waals surface area contributed by atoms with Crippen LogP contribution in [0.25, 0.3) is 27.5 Å². The summed E-state index contributed by atoms with van der Waals surface area (Å²) in [4.78, 5) is 0. The third-order valence-corrected chi connectivity index (χ3v) is 3.91. The number of benzene rings is 3. The summed E-state index contributed by atoms with van der Waals surface area (Å²) in [6, 6.07) is 25.2. The van der Waals surface area contributed by atoms with Crippen LogP contribution in [-0.2, 0) is 0 Å². The van der Waals surface area contributed by atoms with Crippen molar-refractivity contribution < 1.29 is 4.74 Å². The van der Waals surface area contributed by atoms with Crippen molar-refractivity contribution in [2.75, 3.05) is 7.11 Å². The normalized spacial score (nSPS) is 11.1. The molecule has 0 saturated heterocycles. The fourth-order valence-corrected chi connectivity index (χ4v) is 2.93. The van der Waals surface area contributed by atoms with E-state index in [1.165, 1.54) is 21.8 Å². The van der Waals surface area contributed by atoms with Gasteiger partial charge < -0.3 is 9.30 Å². The quantitative estimate of drug-likeness (QED) is 0.512. The number of hydrogen-bond acceptors (Lipinski definition) is 1. The lowest BCUT2D eigenvalue weighted by molar-refractivity contribution is 0.415. The molecule has 0 radical (unpaired) electrons. The standard InChI is InChI=1S/C19H15NO/c1-21-15-12-10-14(11-13-15)20-18-8-4-2-6-16(18)17-7-3-5-9-19(17)20/h2-13H,1H3. The second-order valence-electron chi connectivity index (χ2n) is 5.07. The van der Waals surface area contributed by atoms with Crippen molar-refractivity contribution in [3.8, 4) is 11.4 Å². The highest BCUT2D eigenvalue weighted by atomic mass is 16.5. The van der Waals surface area contributed by atoms with E-state index in [-0.39, 0.29) is 0 Å². The first-order valence-electron chi connectivity index (χ1n) is 7.01. The van der Waals surface area contributed by atoms with Gasteiger partial charge in [-0.2, -0.15) is 0 Å². The van der Waals surface area contributed by atoms with Crippen LogP contribution in [-0.4, -0.2) is 11.7 Å². The molecule has 0 spiro atoms.